The maximum absolute atomic E-state index is 10.7. The van der Waals surface area contributed by atoms with Crippen LogP contribution in [0, 0.1) is 0 Å². The van der Waals surface area contributed by atoms with Gasteiger partial charge in [-0.15, -0.1) is 0 Å². The van der Waals surface area contributed by atoms with E-state index in [1.807, 2.05) is 13.0 Å². The molecule has 0 aromatic rings. The molecule has 0 radical (unpaired) electrons. The van der Waals surface area contributed by atoms with Gasteiger partial charge in [-0.3, -0.25) is 9.79 Å². The fraction of sp³-hybridized carbons (Fsp3) is 0.636. The second-order valence-corrected chi connectivity index (χ2v) is 4.27. The summed E-state index contributed by atoms with van der Waals surface area (Å²) in [6.45, 7) is 5.73. The molecule has 16 heavy (non-hydrogen) atoms. The minimum absolute atomic E-state index is 0.408. The summed E-state index contributed by atoms with van der Waals surface area (Å²) in [5.74, 6) is -0.434. The predicted molar refractivity (Wildman–Crippen MR) is 65.4 cm³/mol. The number of rotatable bonds is 6. The van der Waals surface area contributed by atoms with E-state index < -0.39 is 11.5 Å². The van der Waals surface area contributed by atoms with Crippen molar-refractivity contribution < 1.29 is 9.90 Å². The first-order chi connectivity index (χ1) is 7.25. The summed E-state index contributed by atoms with van der Waals surface area (Å²) in [4.78, 5) is 14.8. The number of hydrogen-bond acceptors (Lipinski definition) is 3. The molecule has 0 saturated carbocycles. The molecule has 0 rings (SSSR count). The summed E-state index contributed by atoms with van der Waals surface area (Å²) in [6, 6.07) is 0. The number of aliphatic carboxylic acids is 1. The first-order valence-electron chi connectivity index (χ1n) is 5.20. The molecule has 1 atom stereocenters. The molecular formula is C11H21N3O2. The van der Waals surface area contributed by atoms with E-state index in [1.165, 1.54) is 6.92 Å². The normalized spacial score (nSPS) is 17.0. The number of aliphatic imine (C=N–C) groups is 1. The van der Waals surface area contributed by atoms with Crippen LogP contribution in [0.15, 0.2) is 16.6 Å². The minimum atomic E-state index is -1.16. The van der Waals surface area contributed by atoms with Crippen LogP contribution >= 0.6 is 0 Å². The van der Waals surface area contributed by atoms with E-state index in [2.05, 4.69) is 4.99 Å². The molecule has 0 aliphatic heterocycles. The molecule has 0 aromatic carbocycles. The smallest absolute Gasteiger partial charge is 0.323 e. The Morgan fingerprint density at radius 3 is 2.50 bits per heavy atom. The number of carboxylic acids is 1. The Morgan fingerprint density at radius 2 is 2.06 bits per heavy atom. The fourth-order valence-corrected chi connectivity index (χ4v) is 1.04. The molecule has 92 valence electrons. The zero-order chi connectivity index (χ0) is 12.8. The summed E-state index contributed by atoms with van der Waals surface area (Å²) in [7, 11) is 0. The molecule has 0 aliphatic rings. The summed E-state index contributed by atoms with van der Waals surface area (Å²) in [5.41, 5.74) is 10.9. The van der Waals surface area contributed by atoms with Crippen LogP contribution < -0.4 is 11.5 Å². The van der Waals surface area contributed by atoms with Crippen molar-refractivity contribution in [3.8, 4) is 0 Å². The lowest BCUT2D eigenvalue weighted by molar-refractivity contribution is -0.142. The first kappa shape index (κ1) is 14.6. The molecule has 5 N–H and O–H groups in total. The van der Waals surface area contributed by atoms with Crippen LogP contribution in [0.3, 0.4) is 0 Å². The lowest BCUT2D eigenvalue weighted by Crippen LogP contribution is -2.44. The van der Waals surface area contributed by atoms with Crippen LogP contribution in [0.1, 0.15) is 33.6 Å². The van der Waals surface area contributed by atoms with Crippen molar-refractivity contribution >= 4 is 11.8 Å². The van der Waals surface area contributed by atoms with Gasteiger partial charge in [0.2, 0.25) is 0 Å². The number of nitrogens with zero attached hydrogens (tertiary/aromatic N) is 1. The highest BCUT2D eigenvalue weighted by molar-refractivity contribution is 5.78. The van der Waals surface area contributed by atoms with Crippen LogP contribution in [0.4, 0.5) is 0 Å². The Kier molecular flexibility index (Phi) is 5.74. The van der Waals surface area contributed by atoms with Gasteiger partial charge in [-0.25, -0.2) is 0 Å². The average Bonchev–Trinajstić information content (AvgIpc) is 2.14. The SMILES string of the molecule is CC(=CCCC(C)(N)C(=O)O)CN=C(C)N. The van der Waals surface area contributed by atoms with Crippen molar-refractivity contribution in [1.29, 1.82) is 0 Å². The van der Waals surface area contributed by atoms with Gasteiger partial charge >= 0.3 is 5.97 Å². The summed E-state index contributed by atoms with van der Waals surface area (Å²) >= 11 is 0. The number of hydrogen-bond donors (Lipinski definition) is 3. The molecule has 0 heterocycles. The van der Waals surface area contributed by atoms with Crippen LogP contribution in [0.2, 0.25) is 0 Å². The fourth-order valence-electron chi connectivity index (χ4n) is 1.04. The maximum Gasteiger partial charge on any atom is 0.323 e. The second kappa shape index (κ2) is 6.27. The van der Waals surface area contributed by atoms with Gasteiger partial charge in [0, 0.05) is 0 Å². The van der Waals surface area contributed by atoms with Crippen molar-refractivity contribution in [2.75, 3.05) is 6.54 Å². The van der Waals surface area contributed by atoms with Crippen molar-refractivity contribution in [3.63, 3.8) is 0 Å². The largest absolute Gasteiger partial charge is 0.480 e. The monoisotopic (exact) mass is 227 g/mol. The molecule has 5 nitrogen and oxygen atoms in total. The highest BCUT2D eigenvalue weighted by Crippen LogP contribution is 2.10. The van der Waals surface area contributed by atoms with Gasteiger partial charge in [-0.2, -0.15) is 0 Å². The van der Waals surface area contributed by atoms with Gasteiger partial charge in [-0.05, 0) is 33.6 Å². The Morgan fingerprint density at radius 1 is 1.50 bits per heavy atom. The minimum Gasteiger partial charge on any atom is -0.480 e. The number of carboxylic acid groups (broad SMARTS) is 1. The third-order valence-corrected chi connectivity index (χ3v) is 2.22. The van der Waals surface area contributed by atoms with Crippen molar-refractivity contribution in [2.24, 2.45) is 16.5 Å². The summed E-state index contributed by atoms with van der Waals surface area (Å²) in [6.07, 6.45) is 2.98. The number of nitrogens with two attached hydrogens (primary N) is 2. The van der Waals surface area contributed by atoms with Crippen LogP contribution in [-0.4, -0.2) is 29.0 Å². The van der Waals surface area contributed by atoms with E-state index >= 15 is 0 Å². The highest BCUT2D eigenvalue weighted by Gasteiger charge is 2.26. The Bertz CT molecular complexity index is 302. The second-order valence-electron chi connectivity index (χ2n) is 4.27. The lowest BCUT2D eigenvalue weighted by atomic mass is 9.97. The van der Waals surface area contributed by atoms with Crippen LogP contribution in [-0.2, 0) is 4.79 Å². The highest BCUT2D eigenvalue weighted by atomic mass is 16.4. The van der Waals surface area contributed by atoms with Gasteiger partial charge in [-0.1, -0.05) is 11.6 Å². The molecule has 0 fully saturated rings. The van der Waals surface area contributed by atoms with Gasteiger partial charge in [0.1, 0.15) is 5.54 Å². The van der Waals surface area contributed by atoms with E-state index in [1.54, 1.807) is 6.92 Å². The maximum atomic E-state index is 10.7. The number of carbonyl (C=O) groups is 1. The van der Waals surface area contributed by atoms with Gasteiger partial charge in [0.25, 0.3) is 0 Å². The van der Waals surface area contributed by atoms with Crippen molar-refractivity contribution in [3.05, 3.63) is 11.6 Å². The summed E-state index contributed by atoms with van der Waals surface area (Å²) < 4.78 is 0. The molecular weight excluding hydrogens is 206 g/mol. The van der Waals surface area contributed by atoms with Crippen molar-refractivity contribution in [2.45, 2.75) is 39.2 Å². The number of allylic oxidation sites excluding steroid dienone is 1. The van der Waals surface area contributed by atoms with Crippen molar-refractivity contribution in [1.82, 2.24) is 0 Å². The van der Waals surface area contributed by atoms with Gasteiger partial charge < -0.3 is 16.6 Å². The molecule has 0 saturated heterocycles. The average molecular weight is 227 g/mol. The van der Waals surface area contributed by atoms with E-state index in [9.17, 15) is 4.79 Å². The topological polar surface area (TPSA) is 102 Å². The third kappa shape index (κ3) is 6.19. The quantitative estimate of drug-likeness (QED) is 0.356. The lowest BCUT2D eigenvalue weighted by Gasteiger charge is -2.17. The Balaban J connectivity index is 4.10. The van der Waals surface area contributed by atoms with E-state index in [0.29, 0.717) is 25.2 Å². The zero-order valence-electron chi connectivity index (χ0n) is 10.2. The molecule has 5 heteroatoms. The van der Waals surface area contributed by atoms with Crippen LogP contribution in [0.25, 0.3) is 0 Å². The first-order valence-corrected chi connectivity index (χ1v) is 5.20. The molecule has 0 aromatic heterocycles. The standard InChI is InChI=1S/C11H21N3O2/c1-8(7-14-9(2)12)5-4-6-11(3,13)10(15)16/h5H,4,6-7,13H2,1-3H3,(H2,12,14)(H,15,16). The molecule has 0 aliphatic carbocycles. The third-order valence-electron chi connectivity index (χ3n) is 2.22. The van der Waals surface area contributed by atoms with E-state index in [-0.39, 0.29) is 0 Å². The molecule has 1 unspecified atom stereocenters. The zero-order valence-corrected chi connectivity index (χ0v) is 10.2. The molecule has 0 amide bonds. The molecule has 0 bridgehead atoms. The van der Waals surface area contributed by atoms with E-state index in [4.69, 9.17) is 16.6 Å². The van der Waals surface area contributed by atoms with Crippen LogP contribution in [0.5, 0.6) is 0 Å². The Labute approximate surface area is 96.2 Å². The van der Waals surface area contributed by atoms with Gasteiger partial charge in [0.15, 0.2) is 0 Å². The van der Waals surface area contributed by atoms with E-state index in [0.717, 1.165) is 5.57 Å². The predicted octanol–water partition coefficient (Wildman–Crippen LogP) is 0.892. The Hall–Kier alpha value is -1.36. The summed E-state index contributed by atoms with van der Waals surface area (Å²) in [5, 5.41) is 8.80. The number of amidine groups is 1. The molecule has 0 spiro atoms. The van der Waals surface area contributed by atoms with Gasteiger partial charge in [0.05, 0.1) is 12.4 Å².